The van der Waals surface area contributed by atoms with Crippen LogP contribution in [-0.2, 0) is 0 Å². The smallest absolute Gasteiger partial charge is 0.157 e. The first-order valence-corrected chi connectivity index (χ1v) is 9.54. The van der Waals surface area contributed by atoms with Crippen LogP contribution < -0.4 is 5.32 Å². The first-order chi connectivity index (χ1) is 9.83. The van der Waals surface area contributed by atoms with Crippen molar-refractivity contribution in [2.24, 2.45) is 4.99 Å². The van der Waals surface area contributed by atoms with Crippen LogP contribution in [0.15, 0.2) is 4.99 Å². The summed E-state index contributed by atoms with van der Waals surface area (Å²) in [6.07, 6.45) is 12.4. The molecule has 2 atom stereocenters. The number of rotatable bonds is 1. The van der Waals surface area contributed by atoms with Crippen LogP contribution in [0.3, 0.4) is 0 Å². The lowest BCUT2D eigenvalue weighted by Gasteiger charge is -2.34. The van der Waals surface area contributed by atoms with Gasteiger partial charge in [0.05, 0.1) is 6.04 Å². The molecule has 3 heterocycles. The summed E-state index contributed by atoms with van der Waals surface area (Å²) in [6.45, 7) is 2.62. The van der Waals surface area contributed by atoms with Crippen LogP contribution in [0.2, 0.25) is 0 Å². The van der Waals surface area contributed by atoms with Gasteiger partial charge in [-0.1, -0.05) is 31.0 Å². The Labute approximate surface area is 127 Å². The predicted molar refractivity (Wildman–Crippen MR) is 86.5 cm³/mol. The van der Waals surface area contributed by atoms with Gasteiger partial charge in [-0.15, -0.1) is 0 Å². The summed E-state index contributed by atoms with van der Waals surface area (Å²) in [5.74, 6) is 1.26. The van der Waals surface area contributed by atoms with Crippen molar-refractivity contribution in [2.75, 3.05) is 18.8 Å². The number of hydrogen-bond acceptors (Lipinski definition) is 3. The van der Waals surface area contributed by atoms with Gasteiger partial charge in [-0.25, -0.2) is 0 Å². The van der Waals surface area contributed by atoms with Crippen molar-refractivity contribution in [3.63, 3.8) is 0 Å². The van der Waals surface area contributed by atoms with E-state index in [2.05, 4.69) is 10.2 Å². The van der Waals surface area contributed by atoms with Crippen LogP contribution in [0.5, 0.6) is 0 Å². The highest BCUT2D eigenvalue weighted by Gasteiger charge is 2.39. The molecule has 112 valence electrons. The molecule has 1 saturated carbocycles. The van der Waals surface area contributed by atoms with Crippen molar-refractivity contribution < 1.29 is 0 Å². The highest BCUT2D eigenvalue weighted by molar-refractivity contribution is 8.14. The fourth-order valence-corrected chi connectivity index (χ4v) is 5.85. The average Bonchev–Trinajstić information content (AvgIpc) is 3.07. The lowest BCUT2D eigenvalue weighted by atomic mass is 9.83. The maximum Gasteiger partial charge on any atom is 0.157 e. The molecule has 4 rings (SSSR count). The molecule has 1 aliphatic carbocycles. The molecule has 3 saturated heterocycles. The standard InChI is InChI=1S/C16H27N3S/c1-2-7-16(8-3-1)12-20-15(18-16)17-13-6-10-19-9-4-5-14(19)11-13/h13-14H,1-12H2,(H,17,18). The molecule has 0 aromatic rings. The molecule has 0 amide bonds. The Morgan fingerprint density at radius 3 is 2.90 bits per heavy atom. The zero-order chi connectivity index (χ0) is 13.4. The summed E-state index contributed by atoms with van der Waals surface area (Å²) in [4.78, 5) is 7.78. The minimum atomic E-state index is 0.413. The number of piperidine rings is 1. The summed E-state index contributed by atoms with van der Waals surface area (Å²) in [6, 6.07) is 1.43. The molecule has 2 unspecified atom stereocenters. The Morgan fingerprint density at radius 1 is 1.10 bits per heavy atom. The molecule has 3 aliphatic heterocycles. The molecule has 1 N–H and O–H groups in total. The lowest BCUT2D eigenvalue weighted by molar-refractivity contribution is 0.182. The van der Waals surface area contributed by atoms with Gasteiger partial charge in [0.15, 0.2) is 5.17 Å². The average molecular weight is 293 g/mol. The van der Waals surface area contributed by atoms with E-state index in [4.69, 9.17) is 4.99 Å². The predicted octanol–water partition coefficient (Wildman–Crippen LogP) is 3.01. The molecular formula is C16H27N3S. The van der Waals surface area contributed by atoms with Gasteiger partial charge in [0.25, 0.3) is 0 Å². The summed E-state index contributed by atoms with van der Waals surface area (Å²) in [5.41, 5.74) is 0.413. The topological polar surface area (TPSA) is 27.6 Å². The van der Waals surface area contributed by atoms with E-state index in [-0.39, 0.29) is 0 Å². The SMILES string of the molecule is C1CCC2(CC1)CSC(=NC1CCN3CCCC3C1)N2. The second-order valence-electron chi connectivity index (χ2n) is 7.20. The fourth-order valence-electron chi connectivity index (χ4n) is 4.56. The number of fused-ring (bicyclic) bond motifs is 1. The van der Waals surface area contributed by atoms with Gasteiger partial charge in [-0.05, 0) is 45.1 Å². The van der Waals surface area contributed by atoms with Crippen LogP contribution in [0.1, 0.15) is 57.8 Å². The number of hydrogen-bond donors (Lipinski definition) is 1. The van der Waals surface area contributed by atoms with Crippen LogP contribution >= 0.6 is 11.8 Å². The van der Waals surface area contributed by atoms with Gasteiger partial charge in [-0.3, -0.25) is 4.99 Å². The Bertz CT molecular complexity index is 389. The first-order valence-electron chi connectivity index (χ1n) is 8.56. The van der Waals surface area contributed by atoms with E-state index in [0.29, 0.717) is 11.6 Å². The van der Waals surface area contributed by atoms with E-state index >= 15 is 0 Å². The van der Waals surface area contributed by atoms with E-state index in [0.717, 1.165) is 6.04 Å². The number of nitrogens with zero attached hydrogens (tertiary/aromatic N) is 2. The van der Waals surface area contributed by atoms with Crippen molar-refractivity contribution in [2.45, 2.75) is 75.4 Å². The van der Waals surface area contributed by atoms with Crippen molar-refractivity contribution in [3.8, 4) is 0 Å². The molecule has 0 radical (unpaired) electrons. The van der Waals surface area contributed by atoms with Crippen LogP contribution in [-0.4, -0.2) is 46.5 Å². The van der Waals surface area contributed by atoms with Crippen molar-refractivity contribution in [1.29, 1.82) is 0 Å². The van der Waals surface area contributed by atoms with Gasteiger partial charge < -0.3 is 10.2 Å². The second-order valence-corrected chi connectivity index (χ2v) is 8.16. The molecule has 1 spiro atoms. The Kier molecular flexibility index (Phi) is 3.71. The Hall–Kier alpha value is -0.220. The third-order valence-corrected chi connectivity index (χ3v) is 6.94. The normalized spacial score (nSPS) is 39.1. The third kappa shape index (κ3) is 2.61. The van der Waals surface area contributed by atoms with Crippen LogP contribution in [0.25, 0.3) is 0 Å². The number of nitrogens with one attached hydrogen (secondary N) is 1. The van der Waals surface area contributed by atoms with Crippen LogP contribution in [0.4, 0.5) is 0 Å². The summed E-state index contributed by atoms with van der Waals surface area (Å²) in [5, 5.41) is 5.08. The summed E-state index contributed by atoms with van der Waals surface area (Å²) < 4.78 is 0. The van der Waals surface area contributed by atoms with Gasteiger partial charge in [0.2, 0.25) is 0 Å². The lowest BCUT2D eigenvalue weighted by Crippen LogP contribution is -2.45. The van der Waals surface area contributed by atoms with Crippen molar-refractivity contribution in [3.05, 3.63) is 0 Å². The second kappa shape index (κ2) is 5.53. The molecule has 0 aromatic heterocycles. The van der Waals surface area contributed by atoms with Gasteiger partial charge in [-0.2, -0.15) is 0 Å². The van der Waals surface area contributed by atoms with Gasteiger partial charge in [0, 0.05) is 23.9 Å². The van der Waals surface area contributed by atoms with E-state index in [1.165, 1.54) is 81.8 Å². The van der Waals surface area contributed by atoms with E-state index in [1.807, 2.05) is 11.8 Å². The Balaban J connectivity index is 1.38. The number of thioether (sulfide) groups is 1. The molecule has 20 heavy (non-hydrogen) atoms. The van der Waals surface area contributed by atoms with Crippen LogP contribution in [0, 0.1) is 0 Å². The van der Waals surface area contributed by atoms with Gasteiger partial charge >= 0.3 is 0 Å². The molecule has 3 nitrogen and oxygen atoms in total. The fraction of sp³-hybridized carbons (Fsp3) is 0.938. The molecule has 4 heteroatoms. The third-order valence-electron chi connectivity index (χ3n) is 5.76. The molecule has 0 bridgehead atoms. The summed E-state index contributed by atoms with van der Waals surface area (Å²) in [7, 11) is 0. The molecular weight excluding hydrogens is 266 g/mol. The zero-order valence-corrected chi connectivity index (χ0v) is 13.3. The minimum absolute atomic E-state index is 0.413. The number of amidine groups is 1. The minimum Gasteiger partial charge on any atom is -0.359 e. The van der Waals surface area contributed by atoms with E-state index < -0.39 is 0 Å². The van der Waals surface area contributed by atoms with Gasteiger partial charge in [0.1, 0.15) is 0 Å². The largest absolute Gasteiger partial charge is 0.359 e. The highest BCUT2D eigenvalue weighted by atomic mass is 32.2. The quantitative estimate of drug-likeness (QED) is 0.805. The Morgan fingerprint density at radius 2 is 2.00 bits per heavy atom. The zero-order valence-electron chi connectivity index (χ0n) is 12.4. The highest BCUT2D eigenvalue weighted by Crippen LogP contribution is 2.37. The van der Waals surface area contributed by atoms with E-state index in [9.17, 15) is 0 Å². The number of aliphatic imine (C=N–C) groups is 1. The van der Waals surface area contributed by atoms with Crippen molar-refractivity contribution in [1.82, 2.24) is 10.2 Å². The molecule has 4 fully saturated rings. The maximum atomic E-state index is 5.09. The monoisotopic (exact) mass is 293 g/mol. The van der Waals surface area contributed by atoms with Crippen molar-refractivity contribution >= 4 is 16.9 Å². The molecule has 0 aromatic carbocycles. The maximum absolute atomic E-state index is 5.09. The summed E-state index contributed by atoms with van der Waals surface area (Å²) >= 11 is 1.99. The van der Waals surface area contributed by atoms with E-state index in [1.54, 1.807) is 0 Å². The molecule has 4 aliphatic rings. The first kappa shape index (κ1) is 13.4.